The van der Waals surface area contributed by atoms with E-state index in [0.717, 1.165) is 4.47 Å². The zero-order valence-corrected chi connectivity index (χ0v) is 13.9. The second-order valence-corrected chi connectivity index (χ2v) is 6.43. The number of carbonyl (C=O) groups is 1. The molecule has 0 bridgehead atoms. The van der Waals surface area contributed by atoms with Crippen LogP contribution in [0.15, 0.2) is 22.7 Å². The predicted octanol–water partition coefficient (Wildman–Crippen LogP) is 3.46. The van der Waals surface area contributed by atoms with E-state index in [1.165, 1.54) is 11.3 Å². The summed E-state index contributed by atoms with van der Waals surface area (Å²) in [5.41, 5.74) is 6.37. The van der Waals surface area contributed by atoms with E-state index in [1.54, 1.807) is 23.1 Å². The molecule has 0 aliphatic rings. The second-order valence-electron chi connectivity index (χ2n) is 4.19. The lowest BCUT2D eigenvalue weighted by molar-refractivity contribution is 0.103. The van der Waals surface area contributed by atoms with Gasteiger partial charge in [-0.25, -0.2) is 4.98 Å². The largest absolute Gasteiger partial charge is 0.382 e. The van der Waals surface area contributed by atoms with E-state index < -0.39 is 0 Å². The summed E-state index contributed by atoms with van der Waals surface area (Å²) >= 11 is 10.5. The minimum atomic E-state index is -0.300. The van der Waals surface area contributed by atoms with Gasteiger partial charge in [-0.3, -0.25) is 4.79 Å². The molecule has 0 saturated carbocycles. The van der Waals surface area contributed by atoms with Crippen LogP contribution in [-0.2, 0) is 0 Å². The lowest BCUT2D eigenvalue weighted by atomic mass is 10.3. The Labute approximate surface area is 133 Å². The number of nitrogens with one attached hydrogen (secondary N) is 1. The molecule has 2 aromatic rings. The van der Waals surface area contributed by atoms with Crippen LogP contribution in [-0.4, -0.2) is 25.0 Å². The number of halogens is 2. The maximum Gasteiger partial charge on any atom is 0.269 e. The normalized spacial score (nSPS) is 10.4. The highest BCUT2D eigenvalue weighted by atomic mass is 79.9. The first-order chi connectivity index (χ1) is 9.38. The smallest absolute Gasteiger partial charge is 0.269 e. The van der Waals surface area contributed by atoms with Crippen molar-refractivity contribution in [2.45, 2.75) is 0 Å². The summed E-state index contributed by atoms with van der Waals surface area (Å²) in [6.07, 6.45) is 0. The molecule has 2 rings (SSSR count). The molecule has 106 valence electrons. The third-order valence-corrected chi connectivity index (χ3v) is 4.88. The lowest BCUT2D eigenvalue weighted by Crippen LogP contribution is -2.12. The number of anilines is 3. The van der Waals surface area contributed by atoms with Crippen molar-refractivity contribution in [1.82, 2.24) is 4.98 Å². The Balaban J connectivity index is 2.21. The van der Waals surface area contributed by atoms with Crippen molar-refractivity contribution in [2.75, 3.05) is 30.0 Å². The fraction of sp³-hybridized carbons (Fsp3) is 0.167. The quantitative estimate of drug-likeness (QED) is 0.862. The molecule has 0 atom stereocenters. The molecule has 0 radical (unpaired) electrons. The van der Waals surface area contributed by atoms with E-state index in [0.29, 0.717) is 20.7 Å². The van der Waals surface area contributed by atoms with Crippen molar-refractivity contribution in [3.05, 3.63) is 32.6 Å². The Morgan fingerprint density at radius 1 is 1.50 bits per heavy atom. The van der Waals surface area contributed by atoms with Crippen LogP contribution in [0.5, 0.6) is 0 Å². The Morgan fingerprint density at radius 3 is 2.75 bits per heavy atom. The van der Waals surface area contributed by atoms with E-state index in [2.05, 4.69) is 26.2 Å². The number of nitrogen functional groups attached to an aromatic ring is 1. The van der Waals surface area contributed by atoms with Gasteiger partial charge in [-0.15, -0.1) is 0 Å². The summed E-state index contributed by atoms with van der Waals surface area (Å²) in [4.78, 5) is 18.5. The number of nitrogens with two attached hydrogens (primary N) is 1. The molecule has 20 heavy (non-hydrogen) atoms. The number of thiazole rings is 1. The fourth-order valence-electron chi connectivity index (χ4n) is 1.44. The molecule has 1 amide bonds. The van der Waals surface area contributed by atoms with Gasteiger partial charge in [0.15, 0.2) is 5.13 Å². The summed E-state index contributed by atoms with van der Waals surface area (Å²) in [6.45, 7) is 0. The van der Waals surface area contributed by atoms with E-state index in [1.807, 2.05) is 14.1 Å². The number of rotatable bonds is 3. The molecule has 1 heterocycles. The maximum atomic E-state index is 12.2. The molecule has 0 saturated heterocycles. The van der Waals surface area contributed by atoms with Crippen molar-refractivity contribution in [2.24, 2.45) is 0 Å². The minimum Gasteiger partial charge on any atom is -0.382 e. The topological polar surface area (TPSA) is 71.2 Å². The number of benzene rings is 1. The monoisotopic (exact) mass is 374 g/mol. The van der Waals surface area contributed by atoms with Gasteiger partial charge in [0.25, 0.3) is 5.91 Å². The Bertz CT molecular complexity index is 659. The van der Waals surface area contributed by atoms with E-state index in [9.17, 15) is 4.79 Å². The summed E-state index contributed by atoms with van der Waals surface area (Å²) in [7, 11) is 3.68. The van der Waals surface area contributed by atoms with Crippen molar-refractivity contribution in [1.29, 1.82) is 0 Å². The first kappa shape index (κ1) is 15.1. The molecule has 1 aromatic carbocycles. The van der Waals surface area contributed by atoms with Gasteiger partial charge in [-0.2, -0.15) is 0 Å². The number of amides is 1. The highest BCUT2D eigenvalue weighted by Crippen LogP contribution is 2.29. The van der Waals surface area contributed by atoms with Gasteiger partial charge in [-0.1, -0.05) is 22.9 Å². The molecule has 0 unspecified atom stereocenters. The van der Waals surface area contributed by atoms with Crippen LogP contribution in [0.1, 0.15) is 9.67 Å². The molecule has 3 N–H and O–H groups in total. The van der Waals surface area contributed by atoms with E-state index in [4.69, 9.17) is 17.3 Å². The van der Waals surface area contributed by atoms with Crippen molar-refractivity contribution >= 4 is 61.4 Å². The average molecular weight is 376 g/mol. The van der Waals surface area contributed by atoms with Gasteiger partial charge in [0, 0.05) is 24.3 Å². The molecule has 1 aromatic heterocycles. The number of aromatic nitrogens is 1. The lowest BCUT2D eigenvalue weighted by Gasteiger charge is -2.06. The molecule has 0 fully saturated rings. The number of hydrogen-bond donors (Lipinski definition) is 2. The standard InChI is InChI=1S/C12H12BrClN4OS/c1-18(2)12-17-10(15)9(20-12)11(19)16-6-3-4-7(13)8(14)5-6/h3-5H,15H2,1-2H3,(H,16,19). The van der Waals surface area contributed by atoms with Crippen molar-refractivity contribution in [3.8, 4) is 0 Å². The van der Waals surface area contributed by atoms with Crippen LogP contribution in [0.25, 0.3) is 0 Å². The summed E-state index contributed by atoms with van der Waals surface area (Å²) in [5, 5.41) is 3.95. The molecule has 5 nitrogen and oxygen atoms in total. The first-order valence-corrected chi connectivity index (χ1v) is 7.57. The molecule has 0 aliphatic heterocycles. The van der Waals surface area contributed by atoms with Crippen LogP contribution in [0.3, 0.4) is 0 Å². The summed E-state index contributed by atoms with van der Waals surface area (Å²) in [6, 6.07) is 5.17. The highest BCUT2D eigenvalue weighted by Gasteiger charge is 2.17. The fourth-order valence-corrected chi connectivity index (χ4v) is 2.67. The van der Waals surface area contributed by atoms with Gasteiger partial charge in [0.2, 0.25) is 0 Å². The number of carbonyl (C=O) groups excluding carboxylic acids is 1. The third-order valence-electron chi connectivity index (χ3n) is 2.41. The summed E-state index contributed by atoms with van der Waals surface area (Å²) in [5.74, 6) is -0.0779. The highest BCUT2D eigenvalue weighted by molar-refractivity contribution is 9.10. The first-order valence-electron chi connectivity index (χ1n) is 5.58. The van der Waals surface area contributed by atoms with E-state index in [-0.39, 0.29) is 11.7 Å². The molecule has 0 aliphatic carbocycles. The van der Waals surface area contributed by atoms with Gasteiger partial charge in [0.1, 0.15) is 10.7 Å². The summed E-state index contributed by atoms with van der Waals surface area (Å²) < 4.78 is 0.768. The molecule has 8 heteroatoms. The Morgan fingerprint density at radius 2 is 2.20 bits per heavy atom. The van der Waals surface area contributed by atoms with E-state index >= 15 is 0 Å². The van der Waals surface area contributed by atoms with Crippen molar-refractivity contribution < 1.29 is 4.79 Å². The second kappa shape index (κ2) is 5.99. The molecular formula is C12H12BrClN4OS. The average Bonchev–Trinajstić information content (AvgIpc) is 2.76. The van der Waals surface area contributed by atoms with Crippen LogP contribution >= 0.6 is 38.9 Å². The number of nitrogens with zero attached hydrogens (tertiary/aromatic N) is 2. The van der Waals surface area contributed by atoms with Gasteiger partial charge < -0.3 is 16.0 Å². The van der Waals surface area contributed by atoms with Crippen LogP contribution < -0.4 is 16.0 Å². The zero-order valence-electron chi connectivity index (χ0n) is 10.8. The Kier molecular flexibility index (Phi) is 4.52. The zero-order chi connectivity index (χ0) is 14.9. The minimum absolute atomic E-state index is 0.222. The number of hydrogen-bond acceptors (Lipinski definition) is 5. The van der Waals surface area contributed by atoms with Gasteiger partial charge in [-0.05, 0) is 34.1 Å². The van der Waals surface area contributed by atoms with Crippen LogP contribution in [0.2, 0.25) is 5.02 Å². The van der Waals surface area contributed by atoms with Crippen LogP contribution in [0.4, 0.5) is 16.6 Å². The van der Waals surface area contributed by atoms with Gasteiger partial charge in [0.05, 0.1) is 5.02 Å². The molecule has 0 spiro atoms. The third kappa shape index (κ3) is 3.23. The predicted molar refractivity (Wildman–Crippen MR) is 88.0 cm³/mol. The molecular weight excluding hydrogens is 364 g/mol. The Hall–Kier alpha value is -1.31. The van der Waals surface area contributed by atoms with Crippen LogP contribution in [0, 0.1) is 0 Å². The maximum absolute atomic E-state index is 12.2. The van der Waals surface area contributed by atoms with Crippen molar-refractivity contribution in [3.63, 3.8) is 0 Å². The SMILES string of the molecule is CN(C)c1nc(N)c(C(=O)Nc2ccc(Br)c(Cl)c2)s1. The van der Waals surface area contributed by atoms with Gasteiger partial charge >= 0.3 is 0 Å².